The molecule has 0 aliphatic rings. The SMILES string of the molecule is C=CCOc1c(CNC)cccc1OCC. The second kappa shape index (κ2) is 6.90. The minimum atomic E-state index is 0.487. The third-order valence-corrected chi connectivity index (χ3v) is 2.07. The summed E-state index contributed by atoms with van der Waals surface area (Å²) in [4.78, 5) is 0. The molecule has 1 rings (SSSR count). The lowest BCUT2D eigenvalue weighted by molar-refractivity contribution is 0.294. The first-order chi connectivity index (χ1) is 7.83. The van der Waals surface area contributed by atoms with Gasteiger partial charge >= 0.3 is 0 Å². The summed E-state index contributed by atoms with van der Waals surface area (Å²) in [5.41, 5.74) is 1.09. The second-order valence-electron chi connectivity index (χ2n) is 3.31. The largest absolute Gasteiger partial charge is 0.490 e. The van der Waals surface area contributed by atoms with Gasteiger partial charge in [-0.05, 0) is 20.0 Å². The van der Waals surface area contributed by atoms with Crippen molar-refractivity contribution in [2.45, 2.75) is 13.5 Å². The minimum absolute atomic E-state index is 0.487. The van der Waals surface area contributed by atoms with Crippen LogP contribution in [0.5, 0.6) is 11.5 Å². The fraction of sp³-hybridized carbons (Fsp3) is 0.385. The zero-order chi connectivity index (χ0) is 11.8. The Labute approximate surface area is 97.1 Å². The van der Waals surface area contributed by atoms with Gasteiger partial charge in [-0.1, -0.05) is 24.8 Å². The Morgan fingerprint density at radius 1 is 1.38 bits per heavy atom. The standard InChI is InChI=1S/C13H19NO2/c1-4-9-16-13-11(10-14-3)7-6-8-12(13)15-5-2/h4,6-8,14H,1,5,9-10H2,2-3H3. The molecule has 3 heteroatoms. The van der Waals surface area contributed by atoms with Crippen molar-refractivity contribution in [3.63, 3.8) is 0 Å². The highest BCUT2D eigenvalue weighted by Crippen LogP contribution is 2.31. The summed E-state index contributed by atoms with van der Waals surface area (Å²) >= 11 is 0. The van der Waals surface area contributed by atoms with Crippen molar-refractivity contribution >= 4 is 0 Å². The summed E-state index contributed by atoms with van der Waals surface area (Å²) in [6.45, 7) is 7.48. The molecule has 3 nitrogen and oxygen atoms in total. The molecule has 0 aliphatic heterocycles. The van der Waals surface area contributed by atoms with E-state index in [2.05, 4.69) is 11.9 Å². The molecule has 1 aromatic rings. The van der Waals surface area contributed by atoms with Gasteiger partial charge in [0.25, 0.3) is 0 Å². The first-order valence-corrected chi connectivity index (χ1v) is 5.46. The van der Waals surface area contributed by atoms with Gasteiger partial charge in [0.2, 0.25) is 0 Å². The maximum Gasteiger partial charge on any atom is 0.166 e. The van der Waals surface area contributed by atoms with Crippen LogP contribution in [0.25, 0.3) is 0 Å². The third-order valence-electron chi connectivity index (χ3n) is 2.07. The third kappa shape index (κ3) is 3.28. The van der Waals surface area contributed by atoms with E-state index in [-0.39, 0.29) is 0 Å². The molecule has 1 aromatic carbocycles. The fourth-order valence-electron chi connectivity index (χ4n) is 1.47. The smallest absolute Gasteiger partial charge is 0.166 e. The van der Waals surface area contributed by atoms with E-state index in [1.165, 1.54) is 0 Å². The topological polar surface area (TPSA) is 30.5 Å². The normalized spacial score (nSPS) is 9.88. The highest BCUT2D eigenvalue weighted by Gasteiger charge is 2.09. The molecule has 0 saturated heterocycles. The molecule has 88 valence electrons. The number of hydrogen-bond acceptors (Lipinski definition) is 3. The number of para-hydroxylation sites is 1. The average Bonchev–Trinajstić information content (AvgIpc) is 2.29. The van der Waals surface area contributed by atoms with Crippen molar-refractivity contribution in [3.05, 3.63) is 36.4 Å². The van der Waals surface area contributed by atoms with Crippen LogP contribution in [-0.2, 0) is 6.54 Å². The Morgan fingerprint density at radius 2 is 2.19 bits per heavy atom. The van der Waals surface area contributed by atoms with Crippen LogP contribution in [0.2, 0.25) is 0 Å². The fourth-order valence-corrected chi connectivity index (χ4v) is 1.47. The molecule has 0 aromatic heterocycles. The molecule has 0 bridgehead atoms. The molecule has 0 spiro atoms. The van der Waals surface area contributed by atoms with Crippen molar-refractivity contribution in [2.24, 2.45) is 0 Å². The van der Waals surface area contributed by atoms with Gasteiger partial charge in [-0.25, -0.2) is 0 Å². The molecule has 0 radical (unpaired) electrons. The van der Waals surface area contributed by atoms with Gasteiger partial charge in [-0.3, -0.25) is 0 Å². The van der Waals surface area contributed by atoms with Crippen LogP contribution in [0.3, 0.4) is 0 Å². The summed E-state index contributed by atoms with van der Waals surface area (Å²) in [7, 11) is 1.91. The van der Waals surface area contributed by atoms with Crippen molar-refractivity contribution in [2.75, 3.05) is 20.3 Å². The number of nitrogens with one attached hydrogen (secondary N) is 1. The highest BCUT2D eigenvalue weighted by atomic mass is 16.5. The molecule has 0 atom stereocenters. The molecular weight excluding hydrogens is 202 g/mol. The van der Waals surface area contributed by atoms with E-state index in [1.54, 1.807) is 6.08 Å². The van der Waals surface area contributed by atoms with Crippen LogP contribution < -0.4 is 14.8 Å². The number of benzene rings is 1. The summed E-state index contributed by atoms with van der Waals surface area (Å²) < 4.78 is 11.2. The minimum Gasteiger partial charge on any atom is -0.490 e. The highest BCUT2D eigenvalue weighted by molar-refractivity contribution is 5.46. The van der Waals surface area contributed by atoms with Crippen LogP contribution in [0, 0.1) is 0 Å². The van der Waals surface area contributed by atoms with Crippen molar-refractivity contribution in [1.29, 1.82) is 0 Å². The number of rotatable bonds is 7. The van der Waals surface area contributed by atoms with Gasteiger partial charge in [0.05, 0.1) is 6.61 Å². The predicted octanol–water partition coefficient (Wildman–Crippen LogP) is 2.37. The first kappa shape index (κ1) is 12.6. The molecule has 0 aliphatic carbocycles. The van der Waals surface area contributed by atoms with E-state index in [4.69, 9.17) is 9.47 Å². The van der Waals surface area contributed by atoms with E-state index in [1.807, 2.05) is 32.2 Å². The molecule has 0 heterocycles. The predicted molar refractivity (Wildman–Crippen MR) is 66.1 cm³/mol. The molecule has 0 saturated carbocycles. The monoisotopic (exact) mass is 221 g/mol. The molecular formula is C13H19NO2. The van der Waals surface area contributed by atoms with E-state index in [9.17, 15) is 0 Å². The van der Waals surface area contributed by atoms with Crippen LogP contribution in [0.15, 0.2) is 30.9 Å². The summed E-state index contributed by atoms with van der Waals surface area (Å²) in [5.74, 6) is 1.59. The van der Waals surface area contributed by atoms with Gasteiger partial charge < -0.3 is 14.8 Å². The van der Waals surface area contributed by atoms with Crippen LogP contribution in [-0.4, -0.2) is 20.3 Å². The Kier molecular flexibility index (Phi) is 5.43. The molecule has 0 amide bonds. The van der Waals surface area contributed by atoms with Gasteiger partial charge in [-0.2, -0.15) is 0 Å². The number of hydrogen-bond donors (Lipinski definition) is 1. The number of ether oxygens (including phenoxy) is 2. The molecule has 1 N–H and O–H groups in total. The van der Waals surface area contributed by atoms with E-state index >= 15 is 0 Å². The Bertz CT molecular complexity index is 312. The zero-order valence-corrected chi connectivity index (χ0v) is 9.95. The van der Waals surface area contributed by atoms with Crippen molar-refractivity contribution in [3.8, 4) is 11.5 Å². The molecule has 0 unspecified atom stereocenters. The maximum absolute atomic E-state index is 5.64. The van der Waals surface area contributed by atoms with Crippen LogP contribution in [0.1, 0.15) is 12.5 Å². The lowest BCUT2D eigenvalue weighted by Gasteiger charge is -2.14. The second-order valence-corrected chi connectivity index (χ2v) is 3.31. The van der Waals surface area contributed by atoms with Gasteiger partial charge in [0, 0.05) is 12.1 Å². The van der Waals surface area contributed by atoms with Crippen LogP contribution in [0.4, 0.5) is 0 Å². The Balaban J connectivity index is 2.96. The van der Waals surface area contributed by atoms with Crippen molar-refractivity contribution < 1.29 is 9.47 Å². The summed E-state index contributed by atoms with van der Waals surface area (Å²) in [6, 6.07) is 5.91. The maximum atomic E-state index is 5.64. The Morgan fingerprint density at radius 3 is 2.81 bits per heavy atom. The quantitative estimate of drug-likeness (QED) is 0.717. The van der Waals surface area contributed by atoms with Gasteiger partial charge in [0.1, 0.15) is 6.61 Å². The summed E-state index contributed by atoms with van der Waals surface area (Å²) in [5, 5.41) is 3.11. The average molecular weight is 221 g/mol. The van der Waals surface area contributed by atoms with Crippen LogP contribution >= 0.6 is 0 Å². The van der Waals surface area contributed by atoms with Crippen molar-refractivity contribution in [1.82, 2.24) is 5.32 Å². The lowest BCUT2D eigenvalue weighted by atomic mass is 10.2. The first-order valence-electron chi connectivity index (χ1n) is 5.46. The van der Waals surface area contributed by atoms with E-state index < -0.39 is 0 Å². The molecule has 0 fully saturated rings. The van der Waals surface area contributed by atoms with Gasteiger partial charge in [-0.15, -0.1) is 0 Å². The summed E-state index contributed by atoms with van der Waals surface area (Å²) in [6.07, 6.45) is 1.73. The lowest BCUT2D eigenvalue weighted by Crippen LogP contribution is -2.09. The van der Waals surface area contributed by atoms with E-state index in [0.29, 0.717) is 13.2 Å². The van der Waals surface area contributed by atoms with Gasteiger partial charge in [0.15, 0.2) is 11.5 Å². The van der Waals surface area contributed by atoms with E-state index in [0.717, 1.165) is 23.6 Å². The Hall–Kier alpha value is -1.48. The molecule has 16 heavy (non-hydrogen) atoms. The zero-order valence-electron chi connectivity index (χ0n) is 9.95.